The molecule has 1 saturated heterocycles. The minimum atomic E-state index is -3.01. The van der Waals surface area contributed by atoms with E-state index in [1.54, 1.807) is 7.11 Å². The fraction of sp³-hybridized carbons (Fsp3) is 0.632. The van der Waals surface area contributed by atoms with Gasteiger partial charge in [-0.15, -0.1) is 24.0 Å². The van der Waals surface area contributed by atoms with Crippen LogP contribution in [0.3, 0.4) is 0 Å². The monoisotopic (exact) mass is 540 g/mol. The van der Waals surface area contributed by atoms with Crippen molar-refractivity contribution in [3.8, 4) is 5.75 Å². The molecule has 10 heteroatoms. The van der Waals surface area contributed by atoms with Gasteiger partial charge in [0, 0.05) is 32.4 Å². The number of sulfone groups is 1. The van der Waals surface area contributed by atoms with E-state index in [-0.39, 0.29) is 35.8 Å². The molecule has 0 spiro atoms. The molecule has 0 amide bonds. The van der Waals surface area contributed by atoms with Gasteiger partial charge in [-0.1, -0.05) is 12.1 Å². The van der Waals surface area contributed by atoms with Crippen LogP contribution >= 0.6 is 24.0 Å². The van der Waals surface area contributed by atoms with Gasteiger partial charge in [-0.2, -0.15) is 0 Å². The Kier molecular flexibility index (Phi) is 11.8. The lowest BCUT2D eigenvalue weighted by molar-refractivity contribution is 0.0179. The average Bonchev–Trinajstić information content (AvgIpc) is 2.68. The molecule has 166 valence electrons. The predicted octanol–water partition coefficient (Wildman–Crippen LogP) is 1.29. The first-order valence-corrected chi connectivity index (χ1v) is 11.6. The Balaban J connectivity index is 0.00000420. The minimum Gasteiger partial charge on any atom is -0.497 e. The summed E-state index contributed by atoms with van der Waals surface area (Å²) >= 11 is 0. The van der Waals surface area contributed by atoms with E-state index in [9.17, 15) is 8.42 Å². The molecule has 0 saturated carbocycles. The third kappa shape index (κ3) is 9.49. The Morgan fingerprint density at radius 3 is 2.45 bits per heavy atom. The van der Waals surface area contributed by atoms with Crippen molar-refractivity contribution in [3.05, 3.63) is 29.8 Å². The maximum atomic E-state index is 11.4. The van der Waals surface area contributed by atoms with Crippen molar-refractivity contribution in [2.75, 3.05) is 65.1 Å². The third-order valence-electron chi connectivity index (χ3n) is 4.52. The number of benzene rings is 1. The van der Waals surface area contributed by atoms with Crippen LogP contribution < -0.4 is 15.4 Å². The molecule has 0 aliphatic carbocycles. The lowest BCUT2D eigenvalue weighted by atomic mass is 10.0. The molecule has 1 aromatic rings. The van der Waals surface area contributed by atoms with Gasteiger partial charge in [-0.3, -0.25) is 9.89 Å². The van der Waals surface area contributed by atoms with Crippen LogP contribution in [-0.2, 0) is 14.6 Å². The number of hydrogen-bond donors (Lipinski definition) is 2. The first-order valence-electron chi connectivity index (χ1n) is 9.58. The topological polar surface area (TPSA) is 92.3 Å². The van der Waals surface area contributed by atoms with E-state index in [1.165, 1.54) is 11.8 Å². The predicted molar refractivity (Wildman–Crippen MR) is 127 cm³/mol. The van der Waals surface area contributed by atoms with Gasteiger partial charge in [0.15, 0.2) is 5.96 Å². The summed E-state index contributed by atoms with van der Waals surface area (Å²) < 4.78 is 33.5. The molecule has 1 fully saturated rings. The zero-order valence-electron chi connectivity index (χ0n) is 17.4. The Hall–Kier alpha value is -1.11. The normalized spacial score (nSPS) is 16.6. The van der Waals surface area contributed by atoms with Crippen molar-refractivity contribution in [1.29, 1.82) is 0 Å². The summed E-state index contributed by atoms with van der Waals surface area (Å²) in [4.78, 5) is 7.08. The van der Waals surface area contributed by atoms with Gasteiger partial charge in [0.25, 0.3) is 0 Å². The second kappa shape index (κ2) is 13.2. The van der Waals surface area contributed by atoms with Crippen molar-refractivity contribution in [1.82, 2.24) is 15.5 Å². The van der Waals surface area contributed by atoms with E-state index in [2.05, 4.69) is 27.7 Å². The summed E-state index contributed by atoms with van der Waals surface area (Å²) in [7, 11) is -1.36. The first kappa shape index (κ1) is 25.9. The van der Waals surface area contributed by atoms with E-state index in [0.717, 1.165) is 18.8 Å². The molecule has 0 aromatic heterocycles. The summed E-state index contributed by atoms with van der Waals surface area (Å²) in [5.41, 5.74) is 1.17. The van der Waals surface area contributed by atoms with Crippen LogP contribution in [0.15, 0.2) is 29.3 Å². The maximum Gasteiger partial charge on any atom is 0.191 e. The fourth-order valence-corrected chi connectivity index (χ4v) is 3.49. The van der Waals surface area contributed by atoms with Crippen molar-refractivity contribution in [2.24, 2.45) is 4.99 Å². The van der Waals surface area contributed by atoms with Gasteiger partial charge >= 0.3 is 0 Å². The summed E-state index contributed by atoms with van der Waals surface area (Å²) in [6.07, 6.45) is 1.23. The Bertz CT molecular complexity index is 722. The zero-order valence-corrected chi connectivity index (χ0v) is 20.5. The molecule has 0 radical (unpaired) electrons. The lowest BCUT2D eigenvalue weighted by Crippen LogP contribution is -2.42. The quantitative estimate of drug-likeness (QED) is 0.277. The van der Waals surface area contributed by atoms with Gasteiger partial charge in [0.1, 0.15) is 15.6 Å². The number of nitrogens with zero attached hydrogens (tertiary/aromatic N) is 2. The van der Waals surface area contributed by atoms with Crippen LogP contribution in [0, 0.1) is 0 Å². The van der Waals surface area contributed by atoms with Gasteiger partial charge in [-0.25, -0.2) is 8.42 Å². The molecule has 1 unspecified atom stereocenters. The summed E-state index contributed by atoms with van der Waals surface area (Å²) in [6, 6.07) is 8.17. The lowest BCUT2D eigenvalue weighted by Gasteiger charge is -2.34. The number of aliphatic imine (C=N–C) groups is 1. The number of methoxy groups -OCH3 is 1. The molecule has 1 aliphatic rings. The molecular formula is C19H33IN4O4S. The van der Waals surface area contributed by atoms with Crippen molar-refractivity contribution >= 4 is 39.8 Å². The number of halogens is 1. The Labute approximate surface area is 191 Å². The van der Waals surface area contributed by atoms with Crippen molar-refractivity contribution in [3.63, 3.8) is 0 Å². The Morgan fingerprint density at radius 2 is 1.90 bits per heavy atom. The van der Waals surface area contributed by atoms with E-state index in [1.807, 2.05) is 19.1 Å². The van der Waals surface area contributed by atoms with Gasteiger partial charge in [0.05, 0.1) is 38.7 Å². The highest BCUT2D eigenvalue weighted by molar-refractivity contribution is 14.0. The molecule has 1 aliphatic heterocycles. The third-order valence-corrected chi connectivity index (χ3v) is 5.46. The van der Waals surface area contributed by atoms with E-state index >= 15 is 0 Å². The molecule has 2 rings (SSSR count). The molecule has 1 atom stereocenters. The number of rotatable bonds is 9. The molecule has 2 N–H and O–H groups in total. The van der Waals surface area contributed by atoms with E-state index < -0.39 is 9.84 Å². The van der Waals surface area contributed by atoms with Crippen LogP contribution in [-0.4, -0.2) is 84.3 Å². The number of hydrogen-bond acceptors (Lipinski definition) is 6. The van der Waals surface area contributed by atoms with Crippen LogP contribution in [0.5, 0.6) is 5.75 Å². The molecule has 0 bridgehead atoms. The van der Waals surface area contributed by atoms with E-state index in [4.69, 9.17) is 14.5 Å². The highest BCUT2D eigenvalue weighted by Gasteiger charge is 2.22. The van der Waals surface area contributed by atoms with E-state index in [0.29, 0.717) is 38.8 Å². The fourth-order valence-electron chi connectivity index (χ4n) is 3.02. The highest BCUT2D eigenvalue weighted by Crippen LogP contribution is 2.24. The number of guanidine groups is 1. The number of nitrogens with one attached hydrogen (secondary N) is 2. The minimum absolute atomic E-state index is 0. The van der Waals surface area contributed by atoms with Crippen molar-refractivity contribution in [2.45, 2.75) is 13.0 Å². The average molecular weight is 540 g/mol. The second-order valence-corrected chi connectivity index (χ2v) is 8.97. The summed E-state index contributed by atoms with van der Waals surface area (Å²) in [5.74, 6) is 1.52. The SMILES string of the molecule is CCNC(=NCC(c1ccc(OC)cc1)N1CCOCC1)NCCS(C)(=O)=O.I. The highest BCUT2D eigenvalue weighted by atomic mass is 127. The Morgan fingerprint density at radius 1 is 1.24 bits per heavy atom. The number of ether oxygens (including phenoxy) is 2. The van der Waals surface area contributed by atoms with Gasteiger partial charge in [0.2, 0.25) is 0 Å². The standard InChI is InChI=1S/C19H32N4O4S.HI/c1-4-20-19(21-9-14-28(3,24)25)22-15-18(23-10-12-27-13-11-23)16-5-7-17(26-2)8-6-16;/h5-8,18H,4,9-15H2,1-3H3,(H2,20,21,22);1H. The maximum absolute atomic E-state index is 11.4. The molecule has 1 aromatic carbocycles. The molecule has 1 heterocycles. The summed E-state index contributed by atoms with van der Waals surface area (Å²) in [6.45, 7) is 6.70. The zero-order chi connectivity index (χ0) is 20.4. The van der Waals surface area contributed by atoms with Crippen LogP contribution in [0.4, 0.5) is 0 Å². The van der Waals surface area contributed by atoms with Crippen molar-refractivity contribution < 1.29 is 17.9 Å². The second-order valence-electron chi connectivity index (χ2n) is 6.71. The molecular weight excluding hydrogens is 507 g/mol. The summed E-state index contributed by atoms with van der Waals surface area (Å²) in [5, 5.41) is 6.28. The van der Waals surface area contributed by atoms with Crippen LogP contribution in [0.2, 0.25) is 0 Å². The van der Waals surface area contributed by atoms with Gasteiger partial charge < -0.3 is 20.1 Å². The largest absolute Gasteiger partial charge is 0.497 e. The first-order chi connectivity index (χ1) is 13.4. The molecule has 8 nitrogen and oxygen atoms in total. The molecule has 29 heavy (non-hydrogen) atoms. The van der Waals surface area contributed by atoms with Gasteiger partial charge in [-0.05, 0) is 24.6 Å². The smallest absolute Gasteiger partial charge is 0.191 e. The van der Waals surface area contributed by atoms with Crippen LogP contribution in [0.25, 0.3) is 0 Å². The van der Waals surface area contributed by atoms with Crippen LogP contribution in [0.1, 0.15) is 18.5 Å². The number of morpholine rings is 1.